The number of rotatable bonds is 2. The summed E-state index contributed by atoms with van der Waals surface area (Å²) in [6.07, 6.45) is 3.38. The van der Waals surface area contributed by atoms with E-state index in [0.717, 1.165) is 16.5 Å². The first kappa shape index (κ1) is 10.6. The molecule has 1 aromatic carbocycles. The molecule has 2 heterocycles. The van der Waals surface area contributed by atoms with Crippen molar-refractivity contribution in [2.24, 2.45) is 0 Å². The highest BCUT2D eigenvalue weighted by atomic mass is 16.4. The molecule has 0 radical (unpaired) electrons. The standard InChI is InChI=1S/C13H11N3O2/c1-7-2-3-8-9(5-14-10(8)4-7)11-6-15-12(16-11)13(17)18/h2-6,14H,1H3,(H,15,16)(H,17,18). The zero-order valence-electron chi connectivity index (χ0n) is 9.69. The van der Waals surface area contributed by atoms with Crippen molar-refractivity contribution in [3.8, 4) is 11.3 Å². The lowest BCUT2D eigenvalue weighted by molar-refractivity contribution is 0.0685. The Balaban J connectivity index is 2.16. The van der Waals surface area contributed by atoms with Gasteiger partial charge in [0.2, 0.25) is 5.82 Å². The van der Waals surface area contributed by atoms with Gasteiger partial charge in [-0.25, -0.2) is 9.78 Å². The first-order chi connectivity index (χ1) is 8.65. The molecule has 0 amide bonds. The number of carboxylic acid groups (broad SMARTS) is 1. The van der Waals surface area contributed by atoms with Gasteiger partial charge in [0.05, 0.1) is 11.9 Å². The van der Waals surface area contributed by atoms with E-state index in [2.05, 4.69) is 15.0 Å². The van der Waals surface area contributed by atoms with E-state index in [1.165, 1.54) is 11.8 Å². The molecular formula is C13H11N3O2. The number of nitrogens with zero attached hydrogens (tertiary/aromatic N) is 1. The zero-order chi connectivity index (χ0) is 12.7. The Bertz CT molecular complexity index is 740. The Morgan fingerprint density at radius 3 is 2.94 bits per heavy atom. The quantitative estimate of drug-likeness (QED) is 0.644. The molecule has 3 N–H and O–H groups in total. The molecule has 0 saturated heterocycles. The molecule has 0 spiro atoms. The third-order valence-corrected chi connectivity index (χ3v) is 2.91. The first-order valence-corrected chi connectivity index (χ1v) is 5.51. The molecule has 0 aliphatic heterocycles. The molecule has 0 unspecified atom stereocenters. The maximum atomic E-state index is 10.8. The SMILES string of the molecule is Cc1ccc2c(-c3cnc(C(=O)O)[nH]3)c[nH]c2c1. The summed E-state index contributed by atoms with van der Waals surface area (Å²) in [6.45, 7) is 2.03. The fraction of sp³-hybridized carbons (Fsp3) is 0.0769. The Labute approximate surface area is 102 Å². The number of imidazole rings is 1. The number of aromatic amines is 2. The van der Waals surface area contributed by atoms with E-state index in [1.807, 2.05) is 31.3 Å². The summed E-state index contributed by atoms with van der Waals surface area (Å²) >= 11 is 0. The molecule has 0 aliphatic rings. The van der Waals surface area contributed by atoms with Crippen molar-refractivity contribution in [2.75, 3.05) is 0 Å². The molecule has 0 saturated carbocycles. The molecule has 0 aliphatic carbocycles. The van der Waals surface area contributed by atoms with Crippen LogP contribution in [0.1, 0.15) is 16.2 Å². The smallest absolute Gasteiger partial charge is 0.371 e. The number of hydrogen-bond donors (Lipinski definition) is 3. The van der Waals surface area contributed by atoms with Crippen LogP contribution in [0, 0.1) is 6.92 Å². The van der Waals surface area contributed by atoms with Gasteiger partial charge < -0.3 is 15.1 Å². The highest BCUT2D eigenvalue weighted by Gasteiger charge is 2.12. The number of aromatic nitrogens is 3. The number of hydrogen-bond acceptors (Lipinski definition) is 2. The van der Waals surface area contributed by atoms with Gasteiger partial charge in [-0.2, -0.15) is 0 Å². The van der Waals surface area contributed by atoms with Gasteiger partial charge in [0.25, 0.3) is 0 Å². The molecule has 0 fully saturated rings. The van der Waals surface area contributed by atoms with Crippen LogP contribution in [0.3, 0.4) is 0 Å². The summed E-state index contributed by atoms with van der Waals surface area (Å²) in [5.74, 6) is -1.11. The van der Waals surface area contributed by atoms with Crippen LogP contribution in [0.5, 0.6) is 0 Å². The van der Waals surface area contributed by atoms with Gasteiger partial charge in [0.15, 0.2) is 0 Å². The van der Waals surface area contributed by atoms with E-state index >= 15 is 0 Å². The van der Waals surface area contributed by atoms with Crippen LogP contribution in [0.25, 0.3) is 22.2 Å². The second kappa shape index (κ2) is 3.73. The van der Waals surface area contributed by atoms with Gasteiger partial charge in [-0.05, 0) is 18.6 Å². The lowest BCUT2D eigenvalue weighted by Gasteiger charge is -1.96. The molecule has 18 heavy (non-hydrogen) atoms. The summed E-state index contributed by atoms with van der Waals surface area (Å²) < 4.78 is 0. The largest absolute Gasteiger partial charge is 0.475 e. The Morgan fingerprint density at radius 1 is 1.39 bits per heavy atom. The van der Waals surface area contributed by atoms with E-state index in [0.29, 0.717) is 5.69 Å². The number of benzene rings is 1. The van der Waals surface area contributed by atoms with Crippen LogP contribution < -0.4 is 0 Å². The Morgan fingerprint density at radius 2 is 2.22 bits per heavy atom. The van der Waals surface area contributed by atoms with Crippen LogP contribution >= 0.6 is 0 Å². The molecule has 5 heteroatoms. The maximum absolute atomic E-state index is 10.8. The second-order valence-corrected chi connectivity index (χ2v) is 4.20. The fourth-order valence-corrected chi connectivity index (χ4v) is 2.03. The van der Waals surface area contributed by atoms with E-state index in [1.54, 1.807) is 0 Å². The van der Waals surface area contributed by atoms with Crippen molar-refractivity contribution in [3.63, 3.8) is 0 Å². The molecule has 3 aromatic rings. The van der Waals surface area contributed by atoms with Gasteiger partial charge in [-0.3, -0.25) is 0 Å². The van der Waals surface area contributed by atoms with Crippen LogP contribution in [0.15, 0.2) is 30.6 Å². The maximum Gasteiger partial charge on any atom is 0.371 e. The number of H-pyrrole nitrogens is 2. The van der Waals surface area contributed by atoms with E-state index in [9.17, 15) is 4.79 Å². The fourth-order valence-electron chi connectivity index (χ4n) is 2.03. The van der Waals surface area contributed by atoms with Gasteiger partial charge in [0.1, 0.15) is 0 Å². The molecule has 2 aromatic heterocycles. The van der Waals surface area contributed by atoms with Crippen molar-refractivity contribution >= 4 is 16.9 Å². The average molecular weight is 241 g/mol. The Hall–Kier alpha value is -2.56. The van der Waals surface area contributed by atoms with Gasteiger partial charge in [-0.1, -0.05) is 12.1 Å². The van der Waals surface area contributed by atoms with Crippen molar-refractivity contribution < 1.29 is 9.90 Å². The number of aryl methyl sites for hydroxylation is 1. The van der Waals surface area contributed by atoms with Crippen molar-refractivity contribution in [1.29, 1.82) is 0 Å². The van der Waals surface area contributed by atoms with Gasteiger partial charge in [-0.15, -0.1) is 0 Å². The van der Waals surface area contributed by atoms with E-state index in [4.69, 9.17) is 5.11 Å². The second-order valence-electron chi connectivity index (χ2n) is 4.20. The molecule has 90 valence electrons. The van der Waals surface area contributed by atoms with Crippen LogP contribution in [-0.4, -0.2) is 26.0 Å². The average Bonchev–Trinajstić information content (AvgIpc) is 2.92. The van der Waals surface area contributed by atoms with Crippen molar-refractivity contribution in [3.05, 3.63) is 42.0 Å². The monoisotopic (exact) mass is 241 g/mol. The lowest BCUT2D eigenvalue weighted by Crippen LogP contribution is -1.98. The molecule has 0 atom stereocenters. The summed E-state index contributed by atoms with van der Waals surface area (Å²) in [7, 11) is 0. The summed E-state index contributed by atoms with van der Waals surface area (Å²) in [5.41, 5.74) is 3.82. The lowest BCUT2D eigenvalue weighted by atomic mass is 10.1. The summed E-state index contributed by atoms with van der Waals surface area (Å²) in [5, 5.41) is 9.89. The van der Waals surface area contributed by atoms with Crippen molar-refractivity contribution in [2.45, 2.75) is 6.92 Å². The summed E-state index contributed by atoms with van der Waals surface area (Å²) in [4.78, 5) is 20.6. The molecule has 5 nitrogen and oxygen atoms in total. The van der Waals surface area contributed by atoms with Gasteiger partial charge in [0, 0.05) is 22.7 Å². The van der Waals surface area contributed by atoms with Crippen LogP contribution in [0.4, 0.5) is 0 Å². The highest BCUT2D eigenvalue weighted by molar-refractivity contribution is 5.95. The van der Waals surface area contributed by atoms with Crippen LogP contribution in [-0.2, 0) is 0 Å². The normalized spacial score (nSPS) is 10.9. The minimum atomic E-state index is -1.06. The predicted octanol–water partition coefficient (Wildman–Crippen LogP) is 2.56. The number of aromatic carboxylic acids is 1. The molecule has 3 rings (SSSR count). The number of fused-ring (bicyclic) bond motifs is 1. The van der Waals surface area contributed by atoms with Crippen molar-refractivity contribution in [1.82, 2.24) is 15.0 Å². The predicted molar refractivity (Wildman–Crippen MR) is 67.6 cm³/mol. The third-order valence-electron chi connectivity index (χ3n) is 2.91. The van der Waals surface area contributed by atoms with E-state index < -0.39 is 5.97 Å². The van der Waals surface area contributed by atoms with E-state index in [-0.39, 0.29) is 5.82 Å². The molecule has 0 bridgehead atoms. The first-order valence-electron chi connectivity index (χ1n) is 5.51. The third kappa shape index (κ3) is 1.57. The van der Waals surface area contributed by atoms with Gasteiger partial charge >= 0.3 is 5.97 Å². The minimum Gasteiger partial charge on any atom is -0.475 e. The number of carbonyl (C=O) groups is 1. The minimum absolute atomic E-state index is 0.0496. The number of carboxylic acids is 1. The van der Waals surface area contributed by atoms with Crippen LogP contribution in [0.2, 0.25) is 0 Å². The highest BCUT2D eigenvalue weighted by Crippen LogP contribution is 2.27. The molecular weight excluding hydrogens is 230 g/mol. The topological polar surface area (TPSA) is 81.8 Å². The zero-order valence-corrected chi connectivity index (χ0v) is 9.69. The summed E-state index contributed by atoms with van der Waals surface area (Å²) in [6, 6.07) is 6.08. The number of nitrogens with one attached hydrogen (secondary N) is 2. The Kier molecular flexibility index (Phi) is 2.19.